The number of aryl methyl sites for hydroxylation is 1. The highest BCUT2D eigenvalue weighted by molar-refractivity contribution is 5.87. The molecule has 0 radical (unpaired) electrons. The van der Waals surface area contributed by atoms with E-state index in [1.54, 1.807) is 18.5 Å². The van der Waals surface area contributed by atoms with Crippen molar-refractivity contribution < 1.29 is 10.2 Å². The molecule has 0 saturated heterocycles. The normalized spacial score (nSPS) is 12.4. The molecule has 0 bridgehead atoms. The zero-order valence-corrected chi connectivity index (χ0v) is 11.6. The van der Waals surface area contributed by atoms with Gasteiger partial charge in [0.1, 0.15) is 5.75 Å². The van der Waals surface area contributed by atoms with Gasteiger partial charge in [0.05, 0.1) is 6.10 Å². The molecule has 2 N–H and O–H groups in total. The van der Waals surface area contributed by atoms with Gasteiger partial charge in [-0.15, -0.1) is 0 Å². The van der Waals surface area contributed by atoms with Crippen molar-refractivity contribution in [3.8, 4) is 5.75 Å². The van der Waals surface area contributed by atoms with Crippen LogP contribution in [0.1, 0.15) is 23.7 Å². The Morgan fingerprint density at radius 1 is 1.00 bits per heavy atom. The minimum Gasteiger partial charge on any atom is -0.508 e. The maximum atomic E-state index is 10.2. The summed E-state index contributed by atoms with van der Waals surface area (Å²) in [5.41, 5.74) is 1.69. The van der Waals surface area contributed by atoms with Crippen molar-refractivity contribution in [2.24, 2.45) is 0 Å². The van der Waals surface area contributed by atoms with Crippen molar-refractivity contribution in [3.63, 3.8) is 0 Å². The molecule has 1 atom stereocenters. The van der Waals surface area contributed by atoms with E-state index >= 15 is 0 Å². The van der Waals surface area contributed by atoms with Crippen molar-refractivity contribution in [2.75, 3.05) is 0 Å². The Kier molecular flexibility index (Phi) is 3.84. The van der Waals surface area contributed by atoms with Crippen LogP contribution in [0.15, 0.2) is 60.9 Å². The standard InChI is InChI=1S/C18H17NO2/c20-17(14-5-3-11-19-12-14)10-8-16-15-6-2-1-4-13(15)7-9-18(16)21/h1-7,9,11-12,17,20-21H,8,10H2. The third-order valence-corrected chi connectivity index (χ3v) is 3.75. The highest BCUT2D eigenvalue weighted by atomic mass is 16.3. The predicted molar refractivity (Wildman–Crippen MR) is 83.1 cm³/mol. The third kappa shape index (κ3) is 2.88. The van der Waals surface area contributed by atoms with Gasteiger partial charge in [-0.2, -0.15) is 0 Å². The minimum atomic E-state index is -0.572. The fourth-order valence-electron chi connectivity index (χ4n) is 2.61. The molecule has 2 aromatic carbocycles. The van der Waals surface area contributed by atoms with E-state index in [9.17, 15) is 10.2 Å². The minimum absolute atomic E-state index is 0.284. The molecule has 21 heavy (non-hydrogen) atoms. The molecule has 0 fully saturated rings. The number of phenols is 1. The molecule has 3 aromatic rings. The van der Waals surface area contributed by atoms with Crippen LogP contribution in [0.25, 0.3) is 10.8 Å². The van der Waals surface area contributed by atoms with E-state index in [4.69, 9.17) is 0 Å². The topological polar surface area (TPSA) is 53.4 Å². The molecule has 106 valence electrons. The summed E-state index contributed by atoms with van der Waals surface area (Å²) in [4.78, 5) is 4.02. The van der Waals surface area contributed by atoms with Crippen LogP contribution >= 0.6 is 0 Å². The predicted octanol–water partition coefficient (Wildman–Crippen LogP) is 3.61. The molecule has 3 heteroatoms. The van der Waals surface area contributed by atoms with Crippen LogP contribution in [0.4, 0.5) is 0 Å². The van der Waals surface area contributed by atoms with Crippen molar-refractivity contribution in [1.29, 1.82) is 0 Å². The van der Waals surface area contributed by atoms with Crippen LogP contribution in [0, 0.1) is 0 Å². The van der Waals surface area contributed by atoms with Gasteiger partial charge in [-0.1, -0.05) is 36.4 Å². The second-order valence-electron chi connectivity index (χ2n) is 5.13. The number of aliphatic hydroxyl groups excluding tert-OH is 1. The van der Waals surface area contributed by atoms with Gasteiger partial charge in [0, 0.05) is 18.0 Å². The van der Waals surface area contributed by atoms with E-state index < -0.39 is 6.10 Å². The number of phenolic OH excluding ortho intramolecular Hbond substituents is 1. The fourth-order valence-corrected chi connectivity index (χ4v) is 2.61. The molecule has 1 aromatic heterocycles. The second kappa shape index (κ2) is 5.94. The number of aromatic hydroxyl groups is 1. The van der Waals surface area contributed by atoms with E-state index in [1.165, 1.54) is 0 Å². The first-order valence-corrected chi connectivity index (χ1v) is 7.03. The molecular formula is C18H17NO2. The number of nitrogens with zero attached hydrogens (tertiary/aromatic N) is 1. The van der Waals surface area contributed by atoms with Crippen molar-refractivity contribution in [2.45, 2.75) is 18.9 Å². The first-order chi connectivity index (χ1) is 10.3. The summed E-state index contributed by atoms with van der Waals surface area (Å²) in [5.74, 6) is 0.284. The summed E-state index contributed by atoms with van der Waals surface area (Å²) < 4.78 is 0. The average molecular weight is 279 g/mol. The van der Waals surface area contributed by atoms with Crippen LogP contribution in [-0.2, 0) is 6.42 Å². The molecule has 0 saturated carbocycles. The summed E-state index contributed by atoms with van der Waals surface area (Å²) in [7, 11) is 0. The molecular weight excluding hydrogens is 262 g/mol. The Labute approximate surface area is 123 Å². The lowest BCUT2D eigenvalue weighted by molar-refractivity contribution is 0.167. The van der Waals surface area contributed by atoms with Crippen LogP contribution in [0.3, 0.4) is 0 Å². The van der Waals surface area contributed by atoms with Gasteiger partial charge in [0.25, 0.3) is 0 Å². The molecule has 0 spiro atoms. The van der Waals surface area contributed by atoms with Crippen LogP contribution in [0.5, 0.6) is 5.75 Å². The highest BCUT2D eigenvalue weighted by Gasteiger charge is 2.11. The van der Waals surface area contributed by atoms with E-state index in [1.807, 2.05) is 42.5 Å². The Hall–Kier alpha value is -2.39. The molecule has 0 aliphatic carbocycles. The maximum Gasteiger partial charge on any atom is 0.119 e. The number of aliphatic hydroxyl groups is 1. The fraction of sp³-hybridized carbons (Fsp3) is 0.167. The number of hydrogen-bond acceptors (Lipinski definition) is 3. The van der Waals surface area contributed by atoms with Gasteiger partial charge < -0.3 is 10.2 Å². The number of fused-ring (bicyclic) bond motifs is 1. The summed E-state index contributed by atoms with van der Waals surface area (Å²) in [5, 5.41) is 22.5. The number of aromatic nitrogens is 1. The van der Waals surface area contributed by atoms with Gasteiger partial charge >= 0.3 is 0 Å². The largest absolute Gasteiger partial charge is 0.508 e. The van der Waals surface area contributed by atoms with Crippen molar-refractivity contribution in [1.82, 2.24) is 4.98 Å². The Morgan fingerprint density at radius 2 is 1.86 bits per heavy atom. The molecule has 3 nitrogen and oxygen atoms in total. The number of pyridine rings is 1. The van der Waals surface area contributed by atoms with Crippen molar-refractivity contribution >= 4 is 10.8 Å². The Bertz CT molecular complexity index is 741. The van der Waals surface area contributed by atoms with Crippen LogP contribution < -0.4 is 0 Å². The average Bonchev–Trinajstić information content (AvgIpc) is 2.54. The third-order valence-electron chi connectivity index (χ3n) is 3.75. The SMILES string of the molecule is Oc1ccc2ccccc2c1CCC(O)c1cccnc1. The molecule has 0 amide bonds. The summed E-state index contributed by atoms with van der Waals surface area (Å²) in [6.07, 6.45) is 3.95. The molecule has 1 heterocycles. The van der Waals surface area contributed by atoms with E-state index in [2.05, 4.69) is 4.98 Å². The van der Waals surface area contributed by atoms with Crippen LogP contribution in [-0.4, -0.2) is 15.2 Å². The lowest BCUT2D eigenvalue weighted by Crippen LogP contribution is -2.00. The zero-order chi connectivity index (χ0) is 14.7. The highest BCUT2D eigenvalue weighted by Crippen LogP contribution is 2.30. The van der Waals surface area contributed by atoms with Crippen molar-refractivity contribution in [3.05, 3.63) is 72.1 Å². The van der Waals surface area contributed by atoms with E-state index in [0.29, 0.717) is 12.8 Å². The first-order valence-electron chi connectivity index (χ1n) is 7.03. The number of hydrogen-bond donors (Lipinski definition) is 2. The monoisotopic (exact) mass is 279 g/mol. The first kappa shape index (κ1) is 13.6. The summed E-state index contributed by atoms with van der Waals surface area (Å²) in [6.45, 7) is 0. The van der Waals surface area contributed by atoms with Gasteiger partial charge in [-0.05, 0) is 41.3 Å². The van der Waals surface area contributed by atoms with Gasteiger partial charge in [-0.25, -0.2) is 0 Å². The second-order valence-corrected chi connectivity index (χ2v) is 5.13. The summed E-state index contributed by atoms with van der Waals surface area (Å²) in [6, 6.07) is 15.3. The number of benzene rings is 2. The molecule has 0 aliphatic rings. The zero-order valence-electron chi connectivity index (χ0n) is 11.6. The number of rotatable bonds is 4. The van der Waals surface area contributed by atoms with Gasteiger partial charge in [-0.3, -0.25) is 4.98 Å². The molecule has 1 unspecified atom stereocenters. The molecule has 0 aliphatic heterocycles. The Balaban J connectivity index is 1.84. The maximum absolute atomic E-state index is 10.2. The Morgan fingerprint density at radius 3 is 2.67 bits per heavy atom. The van der Waals surface area contributed by atoms with E-state index in [-0.39, 0.29) is 5.75 Å². The van der Waals surface area contributed by atoms with Gasteiger partial charge in [0.2, 0.25) is 0 Å². The summed E-state index contributed by atoms with van der Waals surface area (Å²) >= 11 is 0. The lowest BCUT2D eigenvalue weighted by atomic mass is 9.97. The quantitative estimate of drug-likeness (QED) is 0.767. The molecule has 3 rings (SSSR count). The van der Waals surface area contributed by atoms with E-state index in [0.717, 1.165) is 21.9 Å². The smallest absolute Gasteiger partial charge is 0.119 e. The van der Waals surface area contributed by atoms with Gasteiger partial charge in [0.15, 0.2) is 0 Å². The lowest BCUT2D eigenvalue weighted by Gasteiger charge is -2.13. The van der Waals surface area contributed by atoms with Crippen LogP contribution in [0.2, 0.25) is 0 Å².